The summed E-state index contributed by atoms with van der Waals surface area (Å²) in [5.74, 6) is 0.333. The zero-order valence-corrected chi connectivity index (χ0v) is 6.99. The molecule has 1 heterocycles. The topological polar surface area (TPSA) is 48.7 Å². The van der Waals surface area contributed by atoms with E-state index in [1.54, 1.807) is 19.2 Å². The standard InChI is InChI=1S/C8H10O4/c1-10-5-6-3-4-7(12-6)8(9)11-2/h3-4H,5H2,1-2H3. The number of hydrogen-bond acceptors (Lipinski definition) is 4. The van der Waals surface area contributed by atoms with Crippen molar-refractivity contribution < 1.29 is 18.7 Å². The number of hydrogen-bond donors (Lipinski definition) is 0. The lowest BCUT2D eigenvalue weighted by Gasteiger charge is -1.93. The van der Waals surface area contributed by atoms with Gasteiger partial charge in [-0.25, -0.2) is 4.79 Å². The number of rotatable bonds is 3. The van der Waals surface area contributed by atoms with Crippen LogP contribution in [0.2, 0.25) is 0 Å². The van der Waals surface area contributed by atoms with Crippen LogP contribution in [0, 0.1) is 0 Å². The molecule has 0 unspecified atom stereocenters. The first-order valence-corrected chi connectivity index (χ1v) is 3.44. The van der Waals surface area contributed by atoms with Crippen molar-refractivity contribution in [1.29, 1.82) is 0 Å². The van der Waals surface area contributed by atoms with Crippen LogP contribution in [0.25, 0.3) is 0 Å². The third-order valence-electron chi connectivity index (χ3n) is 1.33. The van der Waals surface area contributed by atoms with Crippen LogP contribution in [0.4, 0.5) is 0 Å². The second-order valence-electron chi connectivity index (χ2n) is 2.19. The molecule has 1 aromatic rings. The lowest BCUT2D eigenvalue weighted by molar-refractivity contribution is 0.0558. The van der Waals surface area contributed by atoms with E-state index in [9.17, 15) is 4.79 Å². The second-order valence-corrected chi connectivity index (χ2v) is 2.19. The quantitative estimate of drug-likeness (QED) is 0.640. The Morgan fingerprint density at radius 2 is 2.25 bits per heavy atom. The highest BCUT2D eigenvalue weighted by atomic mass is 16.5. The van der Waals surface area contributed by atoms with Gasteiger partial charge in [-0.15, -0.1) is 0 Å². The number of carbonyl (C=O) groups is 1. The summed E-state index contributed by atoms with van der Waals surface area (Å²) in [4.78, 5) is 10.9. The highest BCUT2D eigenvalue weighted by molar-refractivity contribution is 5.86. The van der Waals surface area contributed by atoms with Crippen LogP contribution < -0.4 is 0 Å². The lowest BCUT2D eigenvalue weighted by Crippen LogP contribution is -1.98. The first-order valence-electron chi connectivity index (χ1n) is 3.44. The fraction of sp³-hybridized carbons (Fsp3) is 0.375. The Hall–Kier alpha value is -1.29. The number of methoxy groups -OCH3 is 2. The van der Waals surface area contributed by atoms with Gasteiger partial charge in [0.15, 0.2) is 0 Å². The van der Waals surface area contributed by atoms with E-state index in [4.69, 9.17) is 9.15 Å². The van der Waals surface area contributed by atoms with E-state index in [0.29, 0.717) is 12.4 Å². The molecule has 0 fully saturated rings. The molecule has 4 heteroatoms. The Morgan fingerprint density at radius 1 is 1.50 bits per heavy atom. The molecule has 0 N–H and O–H groups in total. The summed E-state index contributed by atoms with van der Waals surface area (Å²) in [7, 11) is 2.86. The van der Waals surface area contributed by atoms with Gasteiger partial charge < -0.3 is 13.9 Å². The Kier molecular flexibility index (Phi) is 2.88. The van der Waals surface area contributed by atoms with Crippen molar-refractivity contribution in [2.24, 2.45) is 0 Å². The molecule has 1 aromatic heterocycles. The molecule has 0 saturated heterocycles. The van der Waals surface area contributed by atoms with Crippen molar-refractivity contribution in [3.63, 3.8) is 0 Å². The van der Waals surface area contributed by atoms with E-state index in [-0.39, 0.29) is 5.76 Å². The van der Waals surface area contributed by atoms with E-state index < -0.39 is 5.97 Å². The average molecular weight is 170 g/mol. The normalized spacial score (nSPS) is 9.83. The van der Waals surface area contributed by atoms with Gasteiger partial charge >= 0.3 is 5.97 Å². The molecule has 66 valence electrons. The largest absolute Gasteiger partial charge is 0.463 e. The summed E-state index contributed by atoms with van der Waals surface area (Å²) in [5, 5.41) is 0. The van der Waals surface area contributed by atoms with Crippen LogP contribution in [0.3, 0.4) is 0 Å². The van der Waals surface area contributed by atoms with Gasteiger partial charge in [-0.05, 0) is 12.1 Å². The van der Waals surface area contributed by atoms with E-state index in [1.807, 2.05) is 0 Å². The molecule has 0 bridgehead atoms. The number of esters is 1. The van der Waals surface area contributed by atoms with Gasteiger partial charge in [0.05, 0.1) is 7.11 Å². The smallest absolute Gasteiger partial charge is 0.373 e. The third-order valence-corrected chi connectivity index (χ3v) is 1.33. The fourth-order valence-corrected chi connectivity index (χ4v) is 0.808. The monoisotopic (exact) mass is 170 g/mol. The zero-order chi connectivity index (χ0) is 8.97. The second kappa shape index (κ2) is 3.92. The SMILES string of the molecule is COCc1ccc(C(=O)OC)o1. The molecule has 0 amide bonds. The molecule has 0 aliphatic rings. The van der Waals surface area contributed by atoms with Crippen molar-refractivity contribution in [1.82, 2.24) is 0 Å². The zero-order valence-electron chi connectivity index (χ0n) is 6.99. The van der Waals surface area contributed by atoms with Crippen LogP contribution >= 0.6 is 0 Å². The first-order chi connectivity index (χ1) is 5.77. The molecule has 4 nitrogen and oxygen atoms in total. The Bertz CT molecular complexity index is 264. The summed E-state index contributed by atoms with van der Waals surface area (Å²) in [6.45, 7) is 0.358. The minimum Gasteiger partial charge on any atom is -0.463 e. The summed E-state index contributed by atoms with van der Waals surface area (Å²) >= 11 is 0. The van der Waals surface area contributed by atoms with Gasteiger partial charge in [0.1, 0.15) is 12.4 Å². The number of carbonyl (C=O) groups excluding carboxylic acids is 1. The maximum atomic E-state index is 10.9. The highest BCUT2D eigenvalue weighted by Gasteiger charge is 2.10. The van der Waals surface area contributed by atoms with Crippen LogP contribution in [0.1, 0.15) is 16.3 Å². The van der Waals surface area contributed by atoms with Crippen LogP contribution in [0.15, 0.2) is 16.5 Å². The van der Waals surface area contributed by atoms with Crippen molar-refractivity contribution in [3.05, 3.63) is 23.7 Å². The molecule has 0 atom stereocenters. The lowest BCUT2D eigenvalue weighted by atomic mass is 10.4. The van der Waals surface area contributed by atoms with E-state index in [1.165, 1.54) is 7.11 Å². The Balaban J connectivity index is 2.70. The third kappa shape index (κ3) is 1.85. The molecular formula is C8H10O4. The van der Waals surface area contributed by atoms with Crippen molar-refractivity contribution >= 4 is 5.97 Å². The van der Waals surface area contributed by atoms with Crippen molar-refractivity contribution in [3.8, 4) is 0 Å². The fourth-order valence-electron chi connectivity index (χ4n) is 0.808. The molecular weight excluding hydrogens is 160 g/mol. The van der Waals surface area contributed by atoms with Gasteiger partial charge in [0.2, 0.25) is 5.76 Å². The van der Waals surface area contributed by atoms with Gasteiger partial charge in [-0.2, -0.15) is 0 Å². The van der Waals surface area contributed by atoms with E-state index >= 15 is 0 Å². The highest BCUT2D eigenvalue weighted by Crippen LogP contribution is 2.09. The molecule has 0 spiro atoms. The first kappa shape index (κ1) is 8.80. The molecule has 12 heavy (non-hydrogen) atoms. The molecule has 0 aliphatic heterocycles. The van der Waals surface area contributed by atoms with Gasteiger partial charge in [-0.3, -0.25) is 0 Å². The van der Waals surface area contributed by atoms with Crippen LogP contribution in [0.5, 0.6) is 0 Å². The van der Waals surface area contributed by atoms with Gasteiger partial charge in [0.25, 0.3) is 0 Å². The maximum absolute atomic E-state index is 10.9. The van der Waals surface area contributed by atoms with Crippen LogP contribution in [-0.2, 0) is 16.1 Å². The molecule has 1 rings (SSSR count). The van der Waals surface area contributed by atoms with Crippen molar-refractivity contribution in [2.75, 3.05) is 14.2 Å². The minimum absolute atomic E-state index is 0.199. The molecule has 0 saturated carbocycles. The minimum atomic E-state index is -0.475. The van der Waals surface area contributed by atoms with Gasteiger partial charge in [0, 0.05) is 7.11 Å². The number of furan rings is 1. The Labute approximate surface area is 70.1 Å². The van der Waals surface area contributed by atoms with Crippen molar-refractivity contribution in [2.45, 2.75) is 6.61 Å². The average Bonchev–Trinajstić information content (AvgIpc) is 2.52. The summed E-state index contributed by atoms with van der Waals surface area (Å²) < 4.78 is 14.3. The van der Waals surface area contributed by atoms with E-state index in [2.05, 4.69) is 4.74 Å². The molecule has 0 aromatic carbocycles. The van der Waals surface area contributed by atoms with Crippen LogP contribution in [-0.4, -0.2) is 20.2 Å². The van der Waals surface area contributed by atoms with Gasteiger partial charge in [-0.1, -0.05) is 0 Å². The molecule has 0 radical (unpaired) electrons. The summed E-state index contributed by atoms with van der Waals surface area (Å²) in [5.41, 5.74) is 0. The summed E-state index contributed by atoms with van der Waals surface area (Å²) in [6.07, 6.45) is 0. The predicted octanol–water partition coefficient (Wildman–Crippen LogP) is 1.21. The number of ether oxygens (including phenoxy) is 2. The Morgan fingerprint density at radius 3 is 2.83 bits per heavy atom. The maximum Gasteiger partial charge on any atom is 0.373 e. The summed E-state index contributed by atoms with van der Waals surface area (Å²) in [6, 6.07) is 3.23. The molecule has 0 aliphatic carbocycles. The van der Waals surface area contributed by atoms with E-state index in [0.717, 1.165) is 0 Å². The predicted molar refractivity (Wildman–Crippen MR) is 40.8 cm³/mol.